The van der Waals surface area contributed by atoms with Gasteiger partial charge in [0.25, 0.3) is 0 Å². The van der Waals surface area contributed by atoms with Gasteiger partial charge in [0.15, 0.2) is 5.78 Å². The minimum atomic E-state index is -0.405. The molecule has 1 aromatic rings. The van der Waals surface area contributed by atoms with Crippen LogP contribution < -0.4 is 0 Å². The topological polar surface area (TPSA) is 20.3 Å². The highest BCUT2D eigenvalue weighted by atomic mass is 35.5. The third-order valence-corrected chi connectivity index (χ3v) is 4.91. The van der Waals surface area contributed by atoms with Crippen LogP contribution in [-0.4, -0.2) is 29.3 Å². The minimum absolute atomic E-state index is 0.128. The Balaban J connectivity index is 2.25. The second kappa shape index (κ2) is 6.89. The maximum absolute atomic E-state index is 13.9. The summed E-state index contributed by atoms with van der Waals surface area (Å²) in [5.74, 6) is -0.217. The molecule has 0 atom stereocenters. The number of hydrogen-bond donors (Lipinski definition) is 0. The molecule has 1 aliphatic carbocycles. The summed E-state index contributed by atoms with van der Waals surface area (Å²) in [4.78, 5) is 15.1. The lowest BCUT2D eigenvalue weighted by Crippen LogP contribution is -2.53. The molecule has 0 spiro atoms. The molecular weight excluding hydrogens is 289 g/mol. The van der Waals surface area contributed by atoms with Crippen molar-refractivity contribution in [2.75, 3.05) is 13.1 Å². The van der Waals surface area contributed by atoms with Gasteiger partial charge in [-0.3, -0.25) is 9.69 Å². The Kier molecular flexibility index (Phi) is 5.39. The fourth-order valence-electron chi connectivity index (χ4n) is 3.58. The Morgan fingerprint density at radius 2 is 1.90 bits per heavy atom. The van der Waals surface area contributed by atoms with Crippen LogP contribution in [0.5, 0.6) is 0 Å². The standard InChI is InChI=1S/C17H23ClFNO/c1-3-20(4-2)17(9-5-6-10-17)16(21)12-13-11-14(18)7-8-15(13)19/h7-8,11H,3-6,9-10,12H2,1-2H3. The van der Waals surface area contributed by atoms with Crippen molar-refractivity contribution in [3.63, 3.8) is 0 Å². The number of carbonyl (C=O) groups is 1. The first-order chi connectivity index (χ1) is 10.0. The summed E-state index contributed by atoms with van der Waals surface area (Å²) >= 11 is 5.92. The number of Topliss-reactive ketones (excluding diaryl/α,β-unsaturated/α-hetero) is 1. The molecule has 0 aromatic heterocycles. The summed E-state index contributed by atoms with van der Waals surface area (Å²) in [6, 6.07) is 4.42. The van der Waals surface area contributed by atoms with E-state index in [1.54, 1.807) is 6.07 Å². The number of rotatable bonds is 6. The molecule has 0 unspecified atom stereocenters. The Morgan fingerprint density at radius 1 is 1.29 bits per heavy atom. The van der Waals surface area contributed by atoms with Gasteiger partial charge in [0.1, 0.15) is 5.82 Å². The van der Waals surface area contributed by atoms with Gasteiger partial charge in [-0.15, -0.1) is 0 Å². The third-order valence-electron chi connectivity index (χ3n) is 4.68. The van der Waals surface area contributed by atoms with Crippen molar-refractivity contribution in [1.82, 2.24) is 4.90 Å². The van der Waals surface area contributed by atoms with Gasteiger partial charge in [0.2, 0.25) is 0 Å². The van der Waals surface area contributed by atoms with E-state index >= 15 is 0 Å². The zero-order chi connectivity index (χ0) is 15.5. The molecule has 21 heavy (non-hydrogen) atoms. The largest absolute Gasteiger partial charge is 0.297 e. The molecule has 0 heterocycles. The van der Waals surface area contributed by atoms with Crippen LogP contribution in [0.4, 0.5) is 4.39 Å². The van der Waals surface area contributed by atoms with Crippen LogP contribution in [0, 0.1) is 5.82 Å². The maximum atomic E-state index is 13.9. The average molecular weight is 312 g/mol. The first kappa shape index (κ1) is 16.4. The van der Waals surface area contributed by atoms with Crippen LogP contribution in [0.2, 0.25) is 5.02 Å². The maximum Gasteiger partial charge on any atom is 0.157 e. The molecule has 0 bridgehead atoms. The zero-order valence-electron chi connectivity index (χ0n) is 12.8. The number of hydrogen-bond acceptors (Lipinski definition) is 2. The Bertz CT molecular complexity index is 508. The first-order valence-electron chi connectivity index (χ1n) is 7.75. The Hall–Kier alpha value is -0.930. The van der Waals surface area contributed by atoms with E-state index in [4.69, 9.17) is 11.6 Å². The highest BCUT2D eigenvalue weighted by Crippen LogP contribution is 2.37. The lowest BCUT2D eigenvalue weighted by Gasteiger charge is -2.39. The Labute approximate surface area is 131 Å². The fraction of sp³-hybridized carbons (Fsp3) is 0.588. The molecule has 2 nitrogen and oxygen atoms in total. The van der Waals surface area contributed by atoms with E-state index < -0.39 is 5.54 Å². The number of benzene rings is 1. The van der Waals surface area contributed by atoms with E-state index in [2.05, 4.69) is 18.7 Å². The third kappa shape index (κ3) is 3.29. The summed E-state index contributed by atoms with van der Waals surface area (Å²) in [5.41, 5.74) is 0.00376. The molecule has 1 saturated carbocycles. The van der Waals surface area contributed by atoms with Gasteiger partial charge in [-0.2, -0.15) is 0 Å². The highest BCUT2D eigenvalue weighted by molar-refractivity contribution is 6.30. The molecule has 0 N–H and O–H groups in total. The summed E-state index contributed by atoms with van der Waals surface area (Å²) in [6.07, 6.45) is 4.04. The van der Waals surface area contributed by atoms with E-state index in [9.17, 15) is 9.18 Å². The van der Waals surface area contributed by atoms with Crippen molar-refractivity contribution in [2.24, 2.45) is 0 Å². The summed E-state index contributed by atoms with van der Waals surface area (Å²) in [6.45, 7) is 5.86. The van der Waals surface area contributed by atoms with Crippen LogP contribution in [0.1, 0.15) is 45.1 Å². The number of likely N-dealkylation sites (N-methyl/N-ethyl adjacent to an activating group) is 1. The summed E-state index contributed by atoms with van der Waals surface area (Å²) in [5, 5.41) is 0.475. The number of ketones is 1. The van der Waals surface area contributed by atoms with Gasteiger partial charge in [-0.25, -0.2) is 4.39 Å². The monoisotopic (exact) mass is 311 g/mol. The van der Waals surface area contributed by atoms with Crippen molar-refractivity contribution < 1.29 is 9.18 Å². The molecular formula is C17H23ClFNO. The molecule has 1 aliphatic rings. The van der Waals surface area contributed by atoms with Gasteiger partial charge in [-0.1, -0.05) is 38.3 Å². The smallest absolute Gasteiger partial charge is 0.157 e. The molecule has 0 radical (unpaired) electrons. The molecule has 0 aliphatic heterocycles. The molecule has 116 valence electrons. The summed E-state index contributed by atoms with van der Waals surface area (Å²) < 4.78 is 13.9. The van der Waals surface area contributed by atoms with Gasteiger partial charge in [0, 0.05) is 11.4 Å². The van der Waals surface area contributed by atoms with Crippen LogP contribution >= 0.6 is 11.6 Å². The van der Waals surface area contributed by atoms with Crippen molar-refractivity contribution >= 4 is 17.4 Å². The molecule has 4 heteroatoms. The van der Waals surface area contributed by atoms with Crippen LogP contribution in [0.3, 0.4) is 0 Å². The number of halogens is 2. The van der Waals surface area contributed by atoms with Crippen LogP contribution in [0.25, 0.3) is 0 Å². The van der Waals surface area contributed by atoms with Gasteiger partial charge < -0.3 is 0 Å². The Morgan fingerprint density at radius 3 is 2.48 bits per heavy atom. The fourth-order valence-corrected chi connectivity index (χ4v) is 3.77. The second-order valence-corrected chi connectivity index (χ2v) is 6.18. The van der Waals surface area contributed by atoms with Crippen LogP contribution in [-0.2, 0) is 11.2 Å². The van der Waals surface area contributed by atoms with Crippen molar-refractivity contribution in [1.29, 1.82) is 0 Å². The second-order valence-electron chi connectivity index (χ2n) is 5.75. The quantitative estimate of drug-likeness (QED) is 0.783. The minimum Gasteiger partial charge on any atom is -0.297 e. The van der Waals surface area contributed by atoms with E-state index in [-0.39, 0.29) is 18.0 Å². The predicted molar refractivity (Wildman–Crippen MR) is 84.2 cm³/mol. The SMILES string of the molecule is CCN(CC)C1(C(=O)Cc2cc(Cl)ccc2F)CCCC1. The van der Waals surface area contributed by atoms with Crippen molar-refractivity contribution in [2.45, 2.75) is 51.5 Å². The van der Waals surface area contributed by atoms with E-state index in [1.165, 1.54) is 12.1 Å². The van der Waals surface area contributed by atoms with Gasteiger partial charge in [0.05, 0.1) is 5.54 Å². The van der Waals surface area contributed by atoms with Crippen LogP contribution in [0.15, 0.2) is 18.2 Å². The zero-order valence-corrected chi connectivity index (χ0v) is 13.5. The average Bonchev–Trinajstić information content (AvgIpc) is 2.95. The van der Waals surface area contributed by atoms with E-state index in [0.717, 1.165) is 38.8 Å². The first-order valence-corrected chi connectivity index (χ1v) is 8.13. The normalized spacial score (nSPS) is 17.4. The molecule has 1 fully saturated rings. The molecule has 2 rings (SSSR count). The van der Waals surface area contributed by atoms with E-state index in [1.807, 2.05) is 0 Å². The number of carbonyl (C=O) groups excluding carboxylic acids is 1. The highest BCUT2D eigenvalue weighted by Gasteiger charge is 2.44. The van der Waals surface area contributed by atoms with Crippen molar-refractivity contribution in [3.8, 4) is 0 Å². The van der Waals surface area contributed by atoms with Crippen molar-refractivity contribution in [3.05, 3.63) is 34.6 Å². The lowest BCUT2D eigenvalue weighted by atomic mass is 9.86. The predicted octanol–water partition coefficient (Wildman–Crippen LogP) is 4.25. The lowest BCUT2D eigenvalue weighted by molar-refractivity contribution is -0.130. The molecule has 1 aromatic carbocycles. The summed E-state index contributed by atoms with van der Waals surface area (Å²) in [7, 11) is 0. The van der Waals surface area contributed by atoms with E-state index in [0.29, 0.717) is 10.6 Å². The number of nitrogens with zero attached hydrogens (tertiary/aromatic N) is 1. The molecule has 0 amide bonds. The molecule has 0 saturated heterocycles. The van der Waals surface area contributed by atoms with Gasteiger partial charge in [-0.05, 0) is 49.7 Å². The van der Waals surface area contributed by atoms with Gasteiger partial charge >= 0.3 is 0 Å².